The number of carbonyl (C=O) groups excluding carboxylic acids is 2. The number of hydrogen-bond acceptors (Lipinski definition) is 5. The second-order valence-corrected chi connectivity index (χ2v) is 8.32. The summed E-state index contributed by atoms with van der Waals surface area (Å²) in [7, 11) is 0. The molecule has 3 aromatic rings. The van der Waals surface area contributed by atoms with Gasteiger partial charge in [0.15, 0.2) is 5.78 Å². The highest BCUT2D eigenvalue weighted by Gasteiger charge is 2.37. The lowest BCUT2D eigenvalue weighted by Gasteiger charge is -2.32. The van der Waals surface area contributed by atoms with E-state index in [1.807, 2.05) is 0 Å². The van der Waals surface area contributed by atoms with Crippen molar-refractivity contribution in [1.82, 2.24) is 20.4 Å². The monoisotopic (exact) mass is 438 g/mol. The third-order valence-corrected chi connectivity index (χ3v) is 6.05. The maximum absolute atomic E-state index is 14.2. The Labute approximate surface area is 185 Å². The van der Waals surface area contributed by atoms with E-state index in [1.54, 1.807) is 30.5 Å². The molecule has 2 aromatic heterocycles. The molecule has 1 aliphatic heterocycles. The van der Waals surface area contributed by atoms with E-state index >= 15 is 0 Å². The van der Waals surface area contributed by atoms with Crippen LogP contribution in [0.5, 0.6) is 0 Å². The fraction of sp³-hybridized carbons (Fsp3) is 0.417. The van der Waals surface area contributed by atoms with Gasteiger partial charge in [0, 0.05) is 30.7 Å². The molecule has 0 saturated carbocycles. The largest absolute Gasteiger partial charge is 0.364 e. The van der Waals surface area contributed by atoms with E-state index in [0.29, 0.717) is 42.0 Å². The molecule has 0 bridgehead atoms. The van der Waals surface area contributed by atoms with E-state index in [4.69, 9.17) is 9.51 Å². The zero-order valence-corrected chi connectivity index (χ0v) is 17.9. The molecule has 1 unspecified atom stereocenters. The van der Waals surface area contributed by atoms with Crippen LogP contribution in [0, 0.1) is 5.82 Å². The average molecular weight is 439 g/mol. The van der Waals surface area contributed by atoms with Crippen molar-refractivity contribution in [3.05, 3.63) is 60.1 Å². The first-order valence-electron chi connectivity index (χ1n) is 11.1. The highest BCUT2D eigenvalue weighted by atomic mass is 19.1. The second kappa shape index (κ2) is 9.89. The van der Waals surface area contributed by atoms with Crippen LogP contribution in [-0.4, -0.2) is 26.8 Å². The van der Waals surface area contributed by atoms with E-state index in [-0.39, 0.29) is 17.5 Å². The van der Waals surface area contributed by atoms with Gasteiger partial charge in [-0.25, -0.2) is 9.37 Å². The molecule has 1 fully saturated rings. The SMILES string of the molecule is O=C1CCCCC(CCCCCC(=O)c2ccon2)(c2nc(-c3ccccc3F)c[nH]2)N1. The van der Waals surface area contributed by atoms with Gasteiger partial charge in [0.25, 0.3) is 0 Å². The minimum Gasteiger partial charge on any atom is -0.364 e. The quantitative estimate of drug-likeness (QED) is 0.365. The van der Waals surface area contributed by atoms with E-state index < -0.39 is 5.54 Å². The molecule has 0 spiro atoms. The number of benzene rings is 1. The van der Waals surface area contributed by atoms with E-state index in [2.05, 4.69) is 15.5 Å². The van der Waals surface area contributed by atoms with Gasteiger partial charge in [-0.1, -0.05) is 36.6 Å². The van der Waals surface area contributed by atoms with Gasteiger partial charge in [0.05, 0.1) is 11.2 Å². The fourth-order valence-electron chi connectivity index (χ4n) is 4.34. The molecule has 0 aliphatic carbocycles. The van der Waals surface area contributed by atoms with Crippen LogP contribution in [0.2, 0.25) is 0 Å². The molecule has 1 amide bonds. The highest BCUT2D eigenvalue weighted by molar-refractivity contribution is 5.93. The first kappa shape index (κ1) is 21.9. The third kappa shape index (κ3) is 4.95. The van der Waals surface area contributed by atoms with Crippen LogP contribution < -0.4 is 5.32 Å². The topological polar surface area (TPSA) is 101 Å². The van der Waals surface area contributed by atoms with E-state index in [0.717, 1.165) is 38.5 Å². The first-order valence-corrected chi connectivity index (χ1v) is 11.1. The van der Waals surface area contributed by atoms with Crippen LogP contribution in [0.4, 0.5) is 4.39 Å². The number of halogens is 1. The highest BCUT2D eigenvalue weighted by Crippen LogP contribution is 2.35. The maximum atomic E-state index is 14.2. The third-order valence-electron chi connectivity index (χ3n) is 6.05. The summed E-state index contributed by atoms with van der Waals surface area (Å²) in [4.78, 5) is 32.4. The number of nitrogens with zero attached hydrogens (tertiary/aromatic N) is 2. The number of carbonyl (C=O) groups is 2. The molecule has 3 heterocycles. The molecule has 1 saturated heterocycles. The van der Waals surface area contributed by atoms with Crippen LogP contribution in [0.3, 0.4) is 0 Å². The summed E-state index contributed by atoms with van der Waals surface area (Å²) in [6.07, 6.45) is 9.58. The van der Waals surface area contributed by atoms with Crippen molar-refractivity contribution in [2.45, 2.75) is 63.3 Å². The first-order chi connectivity index (χ1) is 15.6. The van der Waals surface area contributed by atoms with Gasteiger partial charge in [0.2, 0.25) is 5.91 Å². The maximum Gasteiger partial charge on any atom is 0.220 e. The van der Waals surface area contributed by atoms with Gasteiger partial charge in [-0.3, -0.25) is 9.59 Å². The van der Waals surface area contributed by atoms with Crippen molar-refractivity contribution in [2.24, 2.45) is 0 Å². The number of H-pyrrole nitrogens is 1. The number of unbranched alkanes of at least 4 members (excludes halogenated alkanes) is 2. The lowest BCUT2D eigenvalue weighted by atomic mass is 9.86. The summed E-state index contributed by atoms with van der Waals surface area (Å²) in [6, 6.07) is 8.10. The van der Waals surface area contributed by atoms with Gasteiger partial charge >= 0.3 is 0 Å². The number of rotatable bonds is 9. The molecule has 1 aromatic carbocycles. The molecule has 168 valence electrons. The van der Waals surface area contributed by atoms with Crippen molar-refractivity contribution in [3.8, 4) is 11.3 Å². The summed E-state index contributed by atoms with van der Waals surface area (Å²) in [5, 5.41) is 6.87. The standard InChI is InChI=1S/C24H27FN4O3/c25-18-9-4-3-8-17(18)20-16-26-23(27-20)24(14-7-5-11-22(31)28-24)13-6-1-2-10-21(30)19-12-15-32-29-19/h3-4,8-9,12,15-16H,1-2,5-7,10-11,13-14H2,(H,26,27)(H,28,31). The lowest BCUT2D eigenvalue weighted by molar-refractivity contribution is -0.122. The Balaban J connectivity index is 1.45. The zero-order valence-electron chi connectivity index (χ0n) is 17.9. The number of nitrogens with one attached hydrogen (secondary N) is 2. The summed E-state index contributed by atoms with van der Waals surface area (Å²) in [5.41, 5.74) is 0.687. The molecule has 4 rings (SSSR count). The number of aromatic nitrogens is 3. The molecule has 7 nitrogen and oxygen atoms in total. The van der Waals surface area contributed by atoms with Crippen molar-refractivity contribution in [3.63, 3.8) is 0 Å². The molecule has 0 radical (unpaired) electrons. The van der Waals surface area contributed by atoms with E-state index in [1.165, 1.54) is 12.3 Å². The molecule has 1 atom stereocenters. The number of ketones is 1. The summed E-state index contributed by atoms with van der Waals surface area (Å²) >= 11 is 0. The Hall–Kier alpha value is -3.29. The van der Waals surface area contributed by atoms with Gasteiger partial charge in [-0.05, 0) is 37.8 Å². The second-order valence-electron chi connectivity index (χ2n) is 8.32. The number of aromatic amines is 1. The predicted octanol–water partition coefficient (Wildman–Crippen LogP) is 4.92. The Morgan fingerprint density at radius 3 is 2.84 bits per heavy atom. The Kier molecular flexibility index (Phi) is 6.78. The lowest BCUT2D eigenvalue weighted by Crippen LogP contribution is -2.45. The minimum absolute atomic E-state index is 0.00699. The van der Waals surface area contributed by atoms with Crippen molar-refractivity contribution < 1.29 is 18.5 Å². The minimum atomic E-state index is -0.618. The van der Waals surface area contributed by atoms with Crippen LogP contribution in [0.25, 0.3) is 11.3 Å². The Morgan fingerprint density at radius 2 is 2.03 bits per heavy atom. The van der Waals surface area contributed by atoms with Crippen molar-refractivity contribution >= 4 is 11.7 Å². The predicted molar refractivity (Wildman–Crippen MR) is 116 cm³/mol. The summed E-state index contributed by atoms with van der Waals surface area (Å²) < 4.78 is 19.0. The van der Waals surface area contributed by atoms with Crippen LogP contribution >= 0.6 is 0 Å². The van der Waals surface area contributed by atoms with Gasteiger partial charge in [-0.15, -0.1) is 0 Å². The van der Waals surface area contributed by atoms with Gasteiger partial charge in [-0.2, -0.15) is 0 Å². The Morgan fingerprint density at radius 1 is 1.16 bits per heavy atom. The molecular formula is C24H27FN4O3. The van der Waals surface area contributed by atoms with Gasteiger partial charge < -0.3 is 14.8 Å². The van der Waals surface area contributed by atoms with Crippen LogP contribution in [0.15, 0.2) is 47.3 Å². The normalized spacial score (nSPS) is 18.8. The Bertz CT molecular complexity index is 1060. The van der Waals surface area contributed by atoms with Crippen molar-refractivity contribution in [2.75, 3.05) is 0 Å². The van der Waals surface area contributed by atoms with Crippen LogP contribution in [0.1, 0.15) is 74.1 Å². The molecule has 32 heavy (non-hydrogen) atoms. The van der Waals surface area contributed by atoms with Crippen molar-refractivity contribution in [1.29, 1.82) is 0 Å². The van der Waals surface area contributed by atoms with Crippen LogP contribution in [-0.2, 0) is 10.3 Å². The molecular weight excluding hydrogens is 411 g/mol. The fourth-order valence-corrected chi connectivity index (χ4v) is 4.34. The van der Waals surface area contributed by atoms with Gasteiger partial charge in [0.1, 0.15) is 23.6 Å². The molecule has 2 N–H and O–H groups in total. The number of hydrogen-bond donors (Lipinski definition) is 2. The zero-order chi connectivity index (χ0) is 22.4. The molecule has 1 aliphatic rings. The number of imidazole rings is 1. The van der Waals surface area contributed by atoms with E-state index in [9.17, 15) is 14.0 Å². The number of amides is 1. The average Bonchev–Trinajstić information content (AvgIpc) is 3.46. The smallest absolute Gasteiger partial charge is 0.220 e. The summed E-state index contributed by atoms with van der Waals surface area (Å²) in [5.74, 6) is 0.301. The molecule has 8 heteroatoms. The number of Topliss-reactive ketones (excluding diaryl/α,β-unsaturated/α-hetero) is 1. The summed E-state index contributed by atoms with van der Waals surface area (Å²) in [6.45, 7) is 0.